The molecule has 0 amide bonds. The Morgan fingerprint density at radius 2 is 0.810 bits per heavy atom. The summed E-state index contributed by atoms with van der Waals surface area (Å²) in [5, 5.41) is 0. The van der Waals surface area contributed by atoms with Gasteiger partial charge in [-0.1, -0.05) is 120 Å². The predicted molar refractivity (Wildman–Crippen MR) is 182 cm³/mol. The van der Waals surface area contributed by atoms with Gasteiger partial charge in [0.15, 0.2) is 11.6 Å². The number of hydrogen-bond donors (Lipinski definition) is 0. The van der Waals surface area contributed by atoms with E-state index in [-0.39, 0.29) is 11.6 Å². The summed E-state index contributed by atoms with van der Waals surface area (Å²) in [5.41, 5.74) is 7.96. The predicted octanol–water partition coefficient (Wildman–Crippen LogP) is 10.5. The van der Waals surface area contributed by atoms with E-state index in [2.05, 4.69) is 102 Å². The standard InChI is InChI=1S/C40H48O2/c1-29(17-13-19-31(3)21-25-35-33(5)23-27-37(41)39(35,7)8)15-11-12-16-30(2)18-14-20-32(4)22-26-36-34(6)24-28-38(42)40(36,9)10/h11-28H,1-10H3/b12-11+,17-13+,18-14+,25-21+,26-22+,29-15+,30-16+,31-19+,32-20+. The van der Waals surface area contributed by atoms with Gasteiger partial charge in [0.05, 0.1) is 10.8 Å². The van der Waals surface area contributed by atoms with Gasteiger partial charge in [-0.15, -0.1) is 0 Å². The zero-order valence-corrected chi connectivity index (χ0v) is 27.2. The van der Waals surface area contributed by atoms with Crippen LogP contribution in [0.3, 0.4) is 0 Å². The van der Waals surface area contributed by atoms with E-state index < -0.39 is 10.8 Å². The third-order valence-corrected chi connectivity index (χ3v) is 7.69. The molecule has 0 radical (unpaired) electrons. The fourth-order valence-electron chi connectivity index (χ4n) is 4.70. The first-order valence-electron chi connectivity index (χ1n) is 14.6. The Morgan fingerprint density at radius 1 is 0.500 bits per heavy atom. The average Bonchev–Trinajstić information content (AvgIpc) is 2.91. The molecule has 0 spiro atoms. The molecule has 2 rings (SSSR count). The summed E-state index contributed by atoms with van der Waals surface area (Å²) in [5.74, 6) is 0.287. The molecule has 0 saturated carbocycles. The number of ketones is 2. The molecule has 0 fully saturated rings. The third-order valence-electron chi connectivity index (χ3n) is 7.69. The lowest BCUT2D eigenvalue weighted by Crippen LogP contribution is -2.27. The first kappa shape index (κ1) is 34.2. The minimum Gasteiger partial charge on any atom is -0.294 e. The van der Waals surface area contributed by atoms with E-state index in [9.17, 15) is 9.59 Å². The first-order chi connectivity index (χ1) is 19.7. The van der Waals surface area contributed by atoms with Crippen LogP contribution in [0.15, 0.2) is 154 Å². The Morgan fingerprint density at radius 3 is 1.17 bits per heavy atom. The first-order valence-corrected chi connectivity index (χ1v) is 14.6. The molecule has 0 aromatic carbocycles. The molecule has 0 saturated heterocycles. The maximum absolute atomic E-state index is 12.3. The van der Waals surface area contributed by atoms with Gasteiger partial charge < -0.3 is 0 Å². The highest BCUT2D eigenvalue weighted by molar-refractivity contribution is 5.99. The number of carbonyl (C=O) groups is 2. The maximum Gasteiger partial charge on any atom is 0.165 e. The highest BCUT2D eigenvalue weighted by Crippen LogP contribution is 2.36. The normalized spacial score (nSPS) is 20.8. The topological polar surface area (TPSA) is 34.1 Å². The number of hydrogen-bond acceptors (Lipinski definition) is 2. The third kappa shape index (κ3) is 9.80. The van der Waals surface area contributed by atoms with Crippen LogP contribution in [0.2, 0.25) is 0 Å². The molecule has 0 atom stereocenters. The van der Waals surface area contributed by atoms with Gasteiger partial charge >= 0.3 is 0 Å². The summed E-state index contributed by atoms with van der Waals surface area (Å²) in [6.07, 6.45) is 36.1. The number of carbonyl (C=O) groups excluding carboxylic acids is 2. The van der Waals surface area contributed by atoms with Crippen molar-refractivity contribution in [3.63, 3.8) is 0 Å². The van der Waals surface area contributed by atoms with Crippen molar-refractivity contribution >= 4 is 11.6 Å². The second kappa shape index (κ2) is 15.3. The summed E-state index contributed by atoms with van der Waals surface area (Å²) in [6, 6.07) is 0. The summed E-state index contributed by atoms with van der Waals surface area (Å²) < 4.78 is 0. The molecule has 2 heteroatoms. The van der Waals surface area contributed by atoms with Crippen LogP contribution in [0.5, 0.6) is 0 Å². The van der Waals surface area contributed by atoms with E-state index in [1.807, 2.05) is 64.2 Å². The molecule has 0 bridgehead atoms. The van der Waals surface area contributed by atoms with Crippen molar-refractivity contribution in [1.29, 1.82) is 0 Å². The Balaban J connectivity index is 1.93. The van der Waals surface area contributed by atoms with Crippen LogP contribution in [0, 0.1) is 10.8 Å². The molecule has 0 N–H and O–H groups in total. The monoisotopic (exact) mass is 560 g/mol. The van der Waals surface area contributed by atoms with E-state index in [0.29, 0.717) is 0 Å². The van der Waals surface area contributed by atoms with Gasteiger partial charge in [-0.2, -0.15) is 0 Å². The minimum absolute atomic E-state index is 0.143. The van der Waals surface area contributed by atoms with Gasteiger partial charge in [-0.25, -0.2) is 0 Å². The molecule has 0 unspecified atom stereocenters. The molecular formula is C40H48O2. The van der Waals surface area contributed by atoms with Crippen LogP contribution < -0.4 is 0 Å². The van der Waals surface area contributed by atoms with Crippen molar-refractivity contribution in [3.05, 3.63) is 154 Å². The molecule has 42 heavy (non-hydrogen) atoms. The van der Waals surface area contributed by atoms with Gasteiger partial charge in [-0.3, -0.25) is 9.59 Å². The molecule has 2 aliphatic carbocycles. The summed E-state index contributed by atoms with van der Waals surface area (Å²) in [6.45, 7) is 20.3. The molecule has 220 valence electrons. The quantitative estimate of drug-likeness (QED) is 0.249. The van der Waals surface area contributed by atoms with E-state index in [0.717, 1.165) is 44.6 Å². The SMILES string of the molecule is CC1=C(/C=C/C(C)=C/C=C/C(C)=C/C=C/C=C(C)/C=C/C=C(C)/C=C/C2=C(C)C=CC(=O)C2(C)C)C(C)(C)C(=O)C=C1. The maximum atomic E-state index is 12.3. The van der Waals surface area contributed by atoms with E-state index in [1.54, 1.807) is 12.2 Å². The molecule has 0 heterocycles. The Kier molecular flexibility index (Phi) is 12.4. The van der Waals surface area contributed by atoms with Gasteiger partial charge in [0.25, 0.3) is 0 Å². The van der Waals surface area contributed by atoms with E-state index in [1.165, 1.54) is 0 Å². The molecule has 0 aromatic heterocycles. The molecular weight excluding hydrogens is 512 g/mol. The number of rotatable bonds is 10. The Hall–Kier alpha value is -4.04. The fourth-order valence-corrected chi connectivity index (χ4v) is 4.70. The van der Waals surface area contributed by atoms with Crippen LogP contribution in [-0.4, -0.2) is 11.6 Å². The molecule has 2 aliphatic rings. The van der Waals surface area contributed by atoms with Crippen molar-refractivity contribution in [2.75, 3.05) is 0 Å². The smallest absolute Gasteiger partial charge is 0.165 e. The minimum atomic E-state index is -0.488. The fraction of sp³-hybridized carbons (Fsp3) is 0.300. The van der Waals surface area contributed by atoms with Crippen LogP contribution in [-0.2, 0) is 9.59 Å². The lowest BCUT2D eigenvalue weighted by atomic mass is 9.74. The lowest BCUT2D eigenvalue weighted by molar-refractivity contribution is -0.121. The molecule has 2 nitrogen and oxygen atoms in total. The summed E-state index contributed by atoms with van der Waals surface area (Å²) >= 11 is 0. The second-order valence-electron chi connectivity index (χ2n) is 12.3. The number of allylic oxidation sites excluding steroid dienone is 26. The van der Waals surface area contributed by atoms with Crippen molar-refractivity contribution in [3.8, 4) is 0 Å². The highest BCUT2D eigenvalue weighted by atomic mass is 16.1. The zero-order valence-electron chi connectivity index (χ0n) is 27.2. The summed E-state index contributed by atoms with van der Waals surface area (Å²) in [7, 11) is 0. The van der Waals surface area contributed by atoms with Crippen LogP contribution in [0.4, 0.5) is 0 Å². The second-order valence-corrected chi connectivity index (χ2v) is 12.3. The van der Waals surface area contributed by atoms with Crippen molar-refractivity contribution in [2.45, 2.75) is 69.2 Å². The average molecular weight is 561 g/mol. The lowest BCUT2D eigenvalue weighted by Gasteiger charge is -2.28. The highest BCUT2D eigenvalue weighted by Gasteiger charge is 2.32. The Bertz CT molecular complexity index is 1360. The van der Waals surface area contributed by atoms with Crippen molar-refractivity contribution in [1.82, 2.24) is 0 Å². The van der Waals surface area contributed by atoms with Crippen LogP contribution in [0.25, 0.3) is 0 Å². The molecule has 0 aromatic rings. The Labute approximate surface area is 254 Å². The van der Waals surface area contributed by atoms with Gasteiger partial charge in [-0.05, 0) is 104 Å². The van der Waals surface area contributed by atoms with Gasteiger partial charge in [0.2, 0.25) is 0 Å². The van der Waals surface area contributed by atoms with E-state index in [4.69, 9.17) is 0 Å². The van der Waals surface area contributed by atoms with Crippen molar-refractivity contribution < 1.29 is 9.59 Å². The largest absolute Gasteiger partial charge is 0.294 e. The van der Waals surface area contributed by atoms with Crippen molar-refractivity contribution in [2.24, 2.45) is 10.8 Å². The summed E-state index contributed by atoms with van der Waals surface area (Å²) in [4.78, 5) is 24.5. The van der Waals surface area contributed by atoms with Crippen LogP contribution in [0.1, 0.15) is 69.2 Å². The molecule has 0 aliphatic heterocycles. The van der Waals surface area contributed by atoms with Gasteiger partial charge in [0, 0.05) is 0 Å². The van der Waals surface area contributed by atoms with Crippen LogP contribution >= 0.6 is 0 Å². The van der Waals surface area contributed by atoms with Gasteiger partial charge in [0.1, 0.15) is 0 Å². The van der Waals surface area contributed by atoms with E-state index >= 15 is 0 Å². The zero-order chi connectivity index (χ0) is 31.5.